The van der Waals surface area contributed by atoms with Crippen LogP contribution in [0.1, 0.15) is 10.4 Å². The number of carbonyl (C=O) groups excluding carboxylic acids is 1. The molecule has 11 heavy (non-hydrogen) atoms. The summed E-state index contributed by atoms with van der Waals surface area (Å²) in [5.74, 6) is -1.26. The zero-order valence-electron chi connectivity index (χ0n) is 5.50. The maximum Gasteiger partial charge on any atom is 0.0716 e. The summed E-state index contributed by atoms with van der Waals surface area (Å²) in [4.78, 5) is 10.3. The molecule has 0 aliphatic heterocycles. The summed E-state index contributed by atoms with van der Waals surface area (Å²) in [5.41, 5.74) is 5.61. The largest absolute Gasteiger partial charge is 0.545 e. The zero-order valence-corrected chi connectivity index (χ0v) is 6.26. The van der Waals surface area contributed by atoms with E-state index < -0.39 is 5.97 Å². The first-order valence-corrected chi connectivity index (χ1v) is 3.25. The fourth-order valence-corrected chi connectivity index (χ4v) is 0.788. The van der Waals surface area contributed by atoms with Crippen molar-refractivity contribution in [3.05, 3.63) is 28.8 Å². The van der Waals surface area contributed by atoms with Crippen LogP contribution in [-0.4, -0.2) is 5.97 Å². The number of nitrogen functional groups attached to an aromatic ring is 1. The number of hydrogen-bond acceptors (Lipinski definition) is 3. The van der Waals surface area contributed by atoms with Crippen LogP contribution in [0.4, 0.5) is 5.69 Å². The zero-order chi connectivity index (χ0) is 8.43. The van der Waals surface area contributed by atoms with Crippen LogP contribution < -0.4 is 10.8 Å². The summed E-state index contributed by atoms with van der Waals surface area (Å²) in [7, 11) is 0. The van der Waals surface area contributed by atoms with Gasteiger partial charge in [-0.25, -0.2) is 0 Å². The van der Waals surface area contributed by atoms with Gasteiger partial charge in [-0.15, -0.1) is 0 Å². The molecule has 0 saturated heterocycles. The second-order valence-corrected chi connectivity index (χ2v) is 2.43. The molecule has 0 aromatic heterocycles. The minimum atomic E-state index is -1.26. The molecule has 0 bridgehead atoms. The average Bonchev–Trinajstić information content (AvgIpc) is 1.94. The maximum absolute atomic E-state index is 10.3. The normalized spacial score (nSPS) is 9.55. The van der Waals surface area contributed by atoms with E-state index in [1.807, 2.05) is 0 Å². The number of carboxylic acids is 1. The van der Waals surface area contributed by atoms with E-state index in [0.717, 1.165) is 0 Å². The number of carbonyl (C=O) groups is 1. The van der Waals surface area contributed by atoms with Gasteiger partial charge >= 0.3 is 0 Å². The molecule has 0 aliphatic rings. The van der Waals surface area contributed by atoms with Crippen molar-refractivity contribution in [1.29, 1.82) is 0 Å². The van der Waals surface area contributed by atoms with Crippen LogP contribution in [0.15, 0.2) is 18.2 Å². The Morgan fingerprint density at radius 2 is 2.18 bits per heavy atom. The first-order valence-electron chi connectivity index (χ1n) is 2.87. The van der Waals surface area contributed by atoms with E-state index >= 15 is 0 Å². The summed E-state index contributed by atoms with van der Waals surface area (Å²) in [6, 6.07) is 4.02. The molecule has 0 fully saturated rings. The predicted molar refractivity (Wildman–Crippen MR) is 40.2 cm³/mol. The van der Waals surface area contributed by atoms with Crippen molar-refractivity contribution in [2.24, 2.45) is 0 Å². The van der Waals surface area contributed by atoms with E-state index in [4.69, 9.17) is 17.3 Å². The van der Waals surface area contributed by atoms with Gasteiger partial charge in [0.15, 0.2) is 0 Å². The van der Waals surface area contributed by atoms with E-state index in [-0.39, 0.29) is 11.3 Å². The van der Waals surface area contributed by atoms with Gasteiger partial charge in [-0.3, -0.25) is 0 Å². The molecule has 3 nitrogen and oxygen atoms in total. The molecule has 58 valence electrons. The average molecular weight is 171 g/mol. The number of aromatic carboxylic acids is 1. The standard InChI is InChI=1S/C7H6ClNO2/c8-5-2-1-4(7(10)11)3-6(5)9/h1-3H,9H2,(H,10,11)/p-1. The number of nitrogens with two attached hydrogens (primary N) is 1. The highest BCUT2D eigenvalue weighted by Crippen LogP contribution is 2.18. The van der Waals surface area contributed by atoms with Gasteiger partial charge in [-0.1, -0.05) is 17.7 Å². The number of hydrogen-bond donors (Lipinski definition) is 1. The van der Waals surface area contributed by atoms with Crippen LogP contribution in [0.25, 0.3) is 0 Å². The number of carboxylic acid groups (broad SMARTS) is 1. The molecule has 0 heterocycles. The van der Waals surface area contributed by atoms with E-state index in [2.05, 4.69) is 0 Å². The molecule has 1 aromatic rings. The number of benzene rings is 1. The quantitative estimate of drug-likeness (QED) is 0.616. The molecule has 0 atom stereocenters. The van der Waals surface area contributed by atoms with E-state index in [0.29, 0.717) is 5.02 Å². The third-order valence-corrected chi connectivity index (χ3v) is 1.58. The van der Waals surface area contributed by atoms with Gasteiger partial charge < -0.3 is 15.6 Å². The minimum absolute atomic E-state index is 0.0342. The van der Waals surface area contributed by atoms with Gasteiger partial charge in [0.25, 0.3) is 0 Å². The molecular weight excluding hydrogens is 166 g/mol. The first kappa shape index (κ1) is 7.88. The molecular formula is C7H5ClNO2-. The van der Waals surface area contributed by atoms with E-state index in [9.17, 15) is 9.90 Å². The van der Waals surface area contributed by atoms with Crippen molar-refractivity contribution in [2.75, 3.05) is 5.73 Å². The van der Waals surface area contributed by atoms with Crippen LogP contribution in [-0.2, 0) is 0 Å². The molecule has 1 aromatic carbocycles. The van der Waals surface area contributed by atoms with Gasteiger partial charge in [0.1, 0.15) is 0 Å². The summed E-state index contributed by atoms with van der Waals surface area (Å²) in [5, 5.41) is 10.6. The van der Waals surface area contributed by atoms with E-state index in [1.54, 1.807) is 0 Å². The highest BCUT2D eigenvalue weighted by atomic mass is 35.5. The van der Waals surface area contributed by atoms with Gasteiger partial charge in [0.05, 0.1) is 16.7 Å². The van der Waals surface area contributed by atoms with Crippen LogP contribution in [0, 0.1) is 0 Å². The van der Waals surface area contributed by atoms with Gasteiger partial charge in [-0.05, 0) is 17.7 Å². The Balaban J connectivity index is 3.15. The lowest BCUT2D eigenvalue weighted by molar-refractivity contribution is -0.255. The number of anilines is 1. The minimum Gasteiger partial charge on any atom is -0.545 e. The molecule has 0 aliphatic carbocycles. The Hall–Kier alpha value is -1.22. The molecule has 0 saturated carbocycles. The molecule has 0 amide bonds. The number of rotatable bonds is 1. The fourth-order valence-electron chi connectivity index (χ4n) is 0.671. The van der Waals surface area contributed by atoms with Gasteiger partial charge in [-0.2, -0.15) is 0 Å². The monoisotopic (exact) mass is 170 g/mol. The lowest BCUT2D eigenvalue weighted by atomic mass is 10.2. The Kier molecular flexibility index (Phi) is 2.01. The van der Waals surface area contributed by atoms with Crippen molar-refractivity contribution in [3.63, 3.8) is 0 Å². The third-order valence-electron chi connectivity index (χ3n) is 1.23. The van der Waals surface area contributed by atoms with Crippen LogP contribution >= 0.6 is 11.6 Å². The first-order chi connectivity index (χ1) is 5.11. The van der Waals surface area contributed by atoms with Crippen molar-refractivity contribution < 1.29 is 9.90 Å². The summed E-state index contributed by atoms with van der Waals surface area (Å²) in [6.45, 7) is 0. The van der Waals surface area contributed by atoms with Crippen LogP contribution in [0.3, 0.4) is 0 Å². The highest BCUT2D eigenvalue weighted by molar-refractivity contribution is 6.33. The van der Waals surface area contributed by atoms with E-state index in [1.165, 1.54) is 18.2 Å². The summed E-state index contributed by atoms with van der Waals surface area (Å²) in [6.07, 6.45) is 0. The Morgan fingerprint density at radius 1 is 1.55 bits per heavy atom. The van der Waals surface area contributed by atoms with Crippen LogP contribution in [0.5, 0.6) is 0 Å². The summed E-state index contributed by atoms with van der Waals surface area (Å²) < 4.78 is 0. The van der Waals surface area contributed by atoms with Crippen molar-refractivity contribution in [1.82, 2.24) is 0 Å². The molecule has 0 radical (unpaired) electrons. The third kappa shape index (κ3) is 1.62. The van der Waals surface area contributed by atoms with Crippen molar-refractivity contribution >= 4 is 23.3 Å². The second kappa shape index (κ2) is 2.80. The van der Waals surface area contributed by atoms with Gasteiger partial charge in [0.2, 0.25) is 0 Å². The molecule has 4 heteroatoms. The Morgan fingerprint density at radius 3 is 2.64 bits per heavy atom. The molecule has 2 N–H and O–H groups in total. The topological polar surface area (TPSA) is 66.2 Å². The smallest absolute Gasteiger partial charge is 0.0716 e. The van der Waals surface area contributed by atoms with Gasteiger partial charge in [0, 0.05) is 0 Å². The van der Waals surface area contributed by atoms with Crippen LogP contribution in [0.2, 0.25) is 5.02 Å². The maximum atomic E-state index is 10.3. The lowest BCUT2D eigenvalue weighted by Crippen LogP contribution is -2.22. The van der Waals surface area contributed by atoms with Crippen molar-refractivity contribution in [3.8, 4) is 0 Å². The second-order valence-electron chi connectivity index (χ2n) is 2.02. The fraction of sp³-hybridized carbons (Fsp3) is 0. The van der Waals surface area contributed by atoms with Crippen molar-refractivity contribution in [2.45, 2.75) is 0 Å². The predicted octanol–water partition coefficient (Wildman–Crippen LogP) is 0.286. The SMILES string of the molecule is Nc1cc(C(=O)[O-])ccc1Cl. The highest BCUT2D eigenvalue weighted by Gasteiger charge is 1.97. The molecule has 0 unspecified atom stereocenters. The lowest BCUT2D eigenvalue weighted by Gasteiger charge is -2.03. The molecule has 0 spiro atoms. The summed E-state index contributed by atoms with van der Waals surface area (Å²) >= 11 is 5.55. The number of halogens is 1. The Labute approximate surface area is 68.4 Å². The molecule has 1 rings (SSSR count). The Bertz CT molecular complexity index is 298.